The summed E-state index contributed by atoms with van der Waals surface area (Å²) >= 11 is 1.68. The minimum absolute atomic E-state index is 0.0221. The van der Waals surface area contributed by atoms with Gasteiger partial charge in [-0.05, 0) is 42.5 Å². The molecule has 0 aromatic heterocycles. The van der Waals surface area contributed by atoms with Gasteiger partial charge in [0.2, 0.25) is 0 Å². The topological polar surface area (TPSA) is 37.3 Å². The molecule has 0 aliphatic heterocycles. The lowest BCUT2D eigenvalue weighted by Gasteiger charge is -2.13. The van der Waals surface area contributed by atoms with Crippen LogP contribution in [0.25, 0.3) is 0 Å². The van der Waals surface area contributed by atoms with E-state index in [0.717, 1.165) is 17.6 Å². The van der Waals surface area contributed by atoms with E-state index in [-0.39, 0.29) is 29.1 Å². The Labute approximate surface area is 144 Å². The van der Waals surface area contributed by atoms with Crippen molar-refractivity contribution >= 4 is 17.5 Å². The van der Waals surface area contributed by atoms with E-state index in [0.29, 0.717) is 12.8 Å². The highest BCUT2D eigenvalue weighted by molar-refractivity contribution is 7.99. The summed E-state index contributed by atoms with van der Waals surface area (Å²) in [7, 11) is 0. The zero-order chi connectivity index (χ0) is 17.6. The van der Waals surface area contributed by atoms with E-state index in [1.807, 2.05) is 30.3 Å². The minimum Gasteiger partial charge on any atom is -0.508 e. The molecule has 5 heteroatoms. The summed E-state index contributed by atoms with van der Waals surface area (Å²) in [6.07, 6.45) is 1.06. The molecule has 128 valence electrons. The van der Waals surface area contributed by atoms with Crippen LogP contribution in [0.3, 0.4) is 0 Å². The molecule has 0 unspecified atom stereocenters. The number of phenolic OH excluding ortho intramolecular Hbond substituents is 1. The van der Waals surface area contributed by atoms with E-state index in [9.17, 15) is 18.7 Å². The van der Waals surface area contributed by atoms with E-state index in [4.69, 9.17) is 0 Å². The molecule has 0 amide bonds. The van der Waals surface area contributed by atoms with Gasteiger partial charge in [-0.2, -0.15) is 0 Å². The molecule has 0 heterocycles. The number of hydrogen-bond acceptors (Lipinski definition) is 3. The number of benzene rings is 2. The van der Waals surface area contributed by atoms with Gasteiger partial charge in [-0.15, -0.1) is 11.8 Å². The average Bonchev–Trinajstić information content (AvgIpc) is 2.53. The second-order valence-corrected chi connectivity index (χ2v) is 6.88. The van der Waals surface area contributed by atoms with Crippen LogP contribution < -0.4 is 0 Å². The monoisotopic (exact) mass is 350 g/mol. The summed E-state index contributed by atoms with van der Waals surface area (Å²) < 4.78 is 26.7. The number of thioether (sulfide) groups is 1. The molecule has 0 radical (unpaired) electrons. The molecule has 0 saturated carbocycles. The Kier molecular flexibility index (Phi) is 6.37. The highest BCUT2D eigenvalue weighted by atomic mass is 32.2. The lowest BCUT2D eigenvalue weighted by molar-refractivity contribution is -0.118. The normalized spacial score (nSPS) is 11.5. The van der Waals surface area contributed by atoms with Crippen molar-refractivity contribution in [3.05, 3.63) is 59.7 Å². The Balaban J connectivity index is 1.84. The number of carbonyl (C=O) groups is 1. The molecule has 0 spiro atoms. The van der Waals surface area contributed by atoms with Crippen molar-refractivity contribution in [2.24, 2.45) is 0 Å². The summed E-state index contributed by atoms with van der Waals surface area (Å²) in [6, 6.07) is 13.5. The number of carbonyl (C=O) groups excluding carboxylic acids is 1. The first-order valence-corrected chi connectivity index (χ1v) is 8.74. The van der Waals surface area contributed by atoms with Crippen molar-refractivity contribution in [1.29, 1.82) is 0 Å². The van der Waals surface area contributed by atoms with Gasteiger partial charge < -0.3 is 5.11 Å². The number of rotatable bonds is 8. The lowest BCUT2D eigenvalue weighted by atomic mass is 10.0. The molecule has 24 heavy (non-hydrogen) atoms. The molecule has 2 aromatic rings. The Morgan fingerprint density at radius 3 is 2.54 bits per heavy atom. The molecular formula is C19H20F2O2S. The second-order valence-electron chi connectivity index (χ2n) is 5.71. The van der Waals surface area contributed by atoms with E-state index < -0.39 is 5.92 Å². The zero-order valence-electron chi connectivity index (χ0n) is 13.5. The van der Waals surface area contributed by atoms with E-state index in [1.54, 1.807) is 11.8 Å². The number of hydrogen-bond donors (Lipinski definition) is 1. The van der Waals surface area contributed by atoms with E-state index in [2.05, 4.69) is 0 Å². The molecule has 0 atom stereocenters. The van der Waals surface area contributed by atoms with Gasteiger partial charge in [0.25, 0.3) is 5.92 Å². The van der Waals surface area contributed by atoms with Crippen LogP contribution in [0, 0.1) is 0 Å². The highest BCUT2D eigenvalue weighted by Crippen LogP contribution is 2.31. The quantitative estimate of drug-likeness (QED) is 0.526. The third-order valence-corrected chi connectivity index (χ3v) is 4.68. The number of alkyl halides is 2. The molecule has 0 aliphatic rings. The van der Waals surface area contributed by atoms with Crippen LogP contribution in [-0.2, 0) is 17.1 Å². The molecule has 0 fully saturated rings. The van der Waals surface area contributed by atoms with Crippen LogP contribution in [0.4, 0.5) is 8.78 Å². The predicted octanol–water partition coefficient (Wildman–Crippen LogP) is 5.19. The Hall–Kier alpha value is -1.88. The highest BCUT2D eigenvalue weighted by Gasteiger charge is 2.25. The number of ketones is 1. The van der Waals surface area contributed by atoms with Gasteiger partial charge >= 0.3 is 0 Å². The smallest absolute Gasteiger partial charge is 0.270 e. The number of Topliss-reactive ketones (excluding diaryl/α,β-unsaturated/α-hetero) is 1. The molecule has 0 saturated heterocycles. The van der Waals surface area contributed by atoms with Crippen LogP contribution in [0.5, 0.6) is 5.75 Å². The van der Waals surface area contributed by atoms with Crippen LogP contribution in [0.2, 0.25) is 0 Å². The standard InChI is InChI=1S/C19H20F2O2S/c1-19(20,21)15-9-10-18(23)14(12-15)13-16(22)6-5-11-24-17-7-3-2-4-8-17/h2-4,7-10,12,23H,5-6,11,13H2,1H3. The predicted molar refractivity (Wildman–Crippen MR) is 92.8 cm³/mol. The fourth-order valence-corrected chi connectivity index (χ4v) is 3.15. The minimum atomic E-state index is -2.99. The summed E-state index contributed by atoms with van der Waals surface area (Å²) in [5.74, 6) is -2.35. The van der Waals surface area contributed by atoms with Gasteiger partial charge in [-0.1, -0.05) is 18.2 Å². The van der Waals surface area contributed by atoms with Crippen molar-refractivity contribution in [3.8, 4) is 5.75 Å². The van der Waals surface area contributed by atoms with Crippen molar-refractivity contribution in [3.63, 3.8) is 0 Å². The fraction of sp³-hybridized carbons (Fsp3) is 0.316. The SMILES string of the molecule is CC(F)(F)c1ccc(O)c(CC(=O)CCCSc2ccccc2)c1. The van der Waals surface area contributed by atoms with Crippen molar-refractivity contribution < 1.29 is 18.7 Å². The van der Waals surface area contributed by atoms with Crippen LogP contribution in [-0.4, -0.2) is 16.6 Å². The van der Waals surface area contributed by atoms with Gasteiger partial charge in [-0.3, -0.25) is 4.79 Å². The fourth-order valence-electron chi connectivity index (χ4n) is 2.28. The van der Waals surface area contributed by atoms with E-state index in [1.165, 1.54) is 18.2 Å². The first-order valence-electron chi connectivity index (χ1n) is 7.76. The Bertz CT molecular complexity index is 682. The Morgan fingerprint density at radius 1 is 1.17 bits per heavy atom. The number of aromatic hydroxyl groups is 1. The Morgan fingerprint density at radius 2 is 1.88 bits per heavy atom. The first-order chi connectivity index (χ1) is 11.4. The molecule has 2 nitrogen and oxygen atoms in total. The second kappa shape index (κ2) is 8.29. The summed E-state index contributed by atoms with van der Waals surface area (Å²) in [4.78, 5) is 13.2. The zero-order valence-corrected chi connectivity index (χ0v) is 14.3. The third-order valence-electron chi connectivity index (χ3n) is 3.59. The van der Waals surface area contributed by atoms with Crippen LogP contribution in [0.15, 0.2) is 53.4 Å². The number of phenols is 1. The average molecular weight is 350 g/mol. The van der Waals surface area contributed by atoms with Gasteiger partial charge in [0.05, 0.1) is 0 Å². The van der Waals surface area contributed by atoms with Crippen LogP contribution in [0.1, 0.15) is 30.9 Å². The summed E-state index contributed by atoms with van der Waals surface area (Å²) in [5, 5.41) is 9.77. The third kappa shape index (κ3) is 5.64. The van der Waals surface area contributed by atoms with Gasteiger partial charge in [0.1, 0.15) is 11.5 Å². The van der Waals surface area contributed by atoms with Gasteiger partial charge in [0, 0.05) is 35.8 Å². The maximum Gasteiger partial charge on any atom is 0.270 e. The molecule has 0 aliphatic carbocycles. The largest absolute Gasteiger partial charge is 0.508 e. The summed E-state index contributed by atoms with van der Waals surface area (Å²) in [5.41, 5.74) is 0.0671. The van der Waals surface area contributed by atoms with Crippen molar-refractivity contribution in [1.82, 2.24) is 0 Å². The maximum atomic E-state index is 13.3. The maximum absolute atomic E-state index is 13.3. The molecule has 0 bridgehead atoms. The molecule has 1 N–H and O–H groups in total. The van der Waals surface area contributed by atoms with Crippen molar-refractivity contribution in [2.75, 3.05) is 5.75 Å². The van der Waals surface area contributed by atoms with Crippen LogP contribution >= 0.6 is 11.8 Å². The number of halogens is 2. The lowest BCUT2D eigenvalue weighted by Crippen LogP contribution is -2.09. The van der Waals surface area contributed by atoms with Gasteiger partial charge in [0.15, 0.2) is 0 Å². The van der Waals surface area contributed by atoms with Gasteiger partial charge in [-0.25, -0.2) is 8.78 Å². The molecule has 2 aromatic carbocycles. The molecule has 2 rings (SSSR count). The summed E-state index contributed by atoms with van der Waals surface area (Å²) in [6.45, 7) is 0.797. The first kappa shape index (κ1) is 18.5. The molecular weight excluding hydrogens is 330 g/mol. The van der Waals surface area contributed by atoms with E-state index >= 15 is 0 Å². The van der Waals surface area contributed by atoms with Crippen molar-refractivity contribution in [2.45, 2.75) is 37.0 Å².